The fourth-order valence-corrected chi connectivity index (χ4v) is 4.05. The van der Waals surface area contributed by atoms with E-state index in [4.69, 9.17) is 4.42 Å². The molecular weight excluding hydrogens is 430 g/mol. The van der Waals surface area contributed by atoms with Gasteiger partial charge in [-0.25, -0.2) is 0 Å². The molecule has 1 aromatic heterocycles. The van der Waals surface area contributed by atoms with E-state index in [1.54, 1.807) is 36.4 Å². The molecule has 0 unspecified atom stereocenters. The summed E-state index contributed by atoms with van der Waals surface area (Å²) in [6, 6.07) is 23.8. The van der Waals surface area contributed by atoms with E-state index >= 15 is 0 Å². The molecule has 4 aromatic rings. The van der Waals surface area contributed by atoms with E-state index in [1.807, 2.05) is 42.5 Å². The first-order valence-electron chi connectivity index (χ1n) is 10.8. The molecule has 0 spiro atoms. The minimum atomic E-state index is -0.435. The zero-order valence-corrected chi connectivity index (χ0v) is 18.4. The average Bonchev–Trinajstić information content (AvgIpc) is 3.43. The SMILES string of the molecule is CC(=O)Nc1ccc(C2=C(Nc3cccc4ccccc34)C(=O)N(Cc3ccco3)C2=O)cc1. The van der Waals surface area contributed by atoms with Crippen LogP contribution in [0, 0.1) is 0 Å². The molecule has 168 valence electrons. The predicted octanol–water partition coefficient (Wildman–Crippen LogP) is 4.78. The summed E-state index contributed by atoms with van der Waals surface area (Å²) in [7, 11) is 0. The molecule has 3 amide bonds. The minimum absolute atomic E-state index is 0.0266. The molecule has 2 N–H and O–H groups in total. The van der Waals surface area contributed by atoms with Gasteiger partial charge in [0.2, 0.25) is 5.91 Å². The van der Waals surface area contributed by atoms with Crippen molar-refractivity contribution in [3.05, 3.63) is 102 Å². The number of carbonyl (C=O) groups excluding carboxylic acids is 3. The van der Waals surface area contributed by atoms with Gasteiger partial charge in [0, 0.05) is 23.7 Å². The molecule has 7 heteroatoms. The summed E-state index contributed by atoms with van der Waals surface area (Å²) in [6.07, 6.45) is 1.50. The number of imide groups is 1. The maximum atomic E-state index is 13.5. The van der Waals surface area contributed by atoms with Crippen LogP contribution in [0.15, 0.2) is 95.2 Å². The Kier molecular flexibility index (Phi) is 5.43. The lowest BCUT2D eigenvalue weighted by molar-refractivity contribution is -0.137. The zero-order chi connectivity index (χ0) is 23.7. The molecule has 0 atom stereocenters. The van der Waals surface area contributed by atoms with Crippen LogP contribution in [0.25, 0.3) is 16.3 Å². The highest BCUT2D eigenvalue weighted by Crippen LogP contribution is 2.34. The predicted molar refractivity (Wildman–Crippen MR) is 130 cm³/mol. The number of rotatable bonds is 6. The normalized spacial score (nSPS) is 13.6. The van der Waals surface area contributed by atoms with Crippen LogP contribution in [0.3, 0.4) is 0 Å². The second kappa shape index (κ2) is 8.71. The molecule has 34 heavy (non-hydrogen) atoms. The number of hydrogen-bond acceptors (Lipinski definition) is 5. The highest BCUT2D eigenvalue weighted by molar-refractivity contribution is 6.36. The highest BCUT2D eigenvalue weighted by Gasteiger charge is 2.39. The summed E-state index contributed by atoms with van der Waals surface area (Å²) >= 11 is 0. The first kappa shape index (κ1) is 21.2. The number of hydrogen-bond donors (Lipinski definition) is 2. The van der Waals surface area contributed by atoms with Crippen molar-refractivity contribution in [1.29, 1.82) is 0 Å². The lowest BCUT2D eigenvalue weighted by atomic mass is 10.0. The van der Waals surface area contributed by atoms with E-state index in [0.717, 1.165) is 16.5 Å². The molecule has 5 rings (SSSR count). The van der Waals surface area contributed by atoms with Crippen molar-refractivity contribution in [2.45, 2.75) is 13.5 Å². The summed E-state index contributed by atoms with van der Waals surface area (Å²) in [5.74, 6) is -0.540. The van der Waals surface area contributed by atoms with E-state index in [-0.39, 0.29) is 23.7 Å². The Labute approximate surface area is 195 Å². The molecule has 0 saturated heterocycles. The van der Waals surface area contributed by atoms with Gasteiger partial charge in [0.1, 0.15) is 11.5 Å². The quantitative estimate of drug-likeness (QED) is 0.412. The van der Waals surface area contributed by atoms with Gasteiger partial charge in [0.05, 0.1) is 18.4 Å². The van der Waals surface area contributed by atoms with Crippen LogP contribution < -0.4 is 10.6 Å². The summed E-state index contributed by atoms with van der Waals surface area (Å²) in [5, 5.41) is 7.89. The molecular formula is C27H21N3O4. The van der Waals surface area contributed by atoms with Crippen molar-refractivity contribution in [3.63, 3.8) is 0 Å². The lowest BCUT2D eigenvalue weighted by Gasteiger charge is -2.14. The first-order valence-corrected chi connectivity index (χ1v) is 10.8. The highest BCUT2D eigenvalue weighted by atomic mass is 16.3. The maximum Gasteiger partial charge on any atom is 0.278 e. The Bertz CT molecular complexity index is 1430. The van der Waals surface area contributed by atoms with Gasteiger partial charge in [-0.1, -0.05) is 48.5 Å². The van der Waals surface area contributed by atoms with E-state index in [1.165, 1.54) is 18.1 Å². The number of nitrogens with zero attached hydrogens (tertiary/aromatic N) is 1. The molecule has 0 fully saturated rings. The molecule has 2 heterocycles. The third kappa shape index (κ3) is 3.95. The van der Waals surface area contributed by atoms with Crippen LogP contribution in [0.2, 0.25) is 0 Å². The van der Waals surface area contributed by atoms with Gasteiger partial charge in [0.25, 0.3) is 11.8 Å². The lowest BCUT2D eigenvalue weighted by Crippen LogP contribution is -2.31. The van der Waals surface area contributed by atoms with Crippen LogP contribution in [0.4, 0.5) is 11.4 Å². The number of furan rings is 1. The average molecular weight is 451 g/mol. The van der Waals surface area contributed by atoms with Gasteiger partial charge in [-0.15, -0.1) is 0 Å². The summed E-state index contributed by atoms with van der Waals surface area (Å²) < 4.78 is 5.37. The molecule has 1 aliphatic heterocycles. The number of nitrogens with one attached hydrogen (secondary N) is 2. The summed E-state index contributed by atoms with van der Waals surface area (Å²) in [6.45, 7) is 1.45. The maximum absolute atomic E-state index is 13.5. The van der Waals surface area contributed by atoms with Crippen LogP contribution >= 0.6 is 0 Å². The Morgan fingerprint density at radius 3 is 2.38 bits per heavy atom. The summed E-state index contributed by atoms with van der Waals surface area (Å²) in [5.41, 5.74) is 2.35. The second-order valence-electron chi connectivity index (χ2n) is 7.94. The Morgan fingerprint density at radius 2 is 1.65 bits per heavy atom. The molecule has 0 saturated carbocycles. The van der Waals surface area contributed by atoms with E-state index in [0.29, 0.717) is 17.0 Å². The van der Waals surface area contributed by atoms with Gasteiger partial charge in [-0.2, -0.15) is 0 Å². The summed E-state index contributed by atoms with van der Waals surface area (Å²) in [4.78, 5) is 39.5. The Morgan fingerprint density at radius 1 is 0.882 bits per heavy atom. The fraction of sp³-hybridized carbons (Fsp3) is 0.0741. The smallest absolute Gasteiger partial charge is 0.278 e. The molecule has 3 aromatic carbocycles. The van der Waals surface area contributed by atoms with Crippen LogP contribution in [0.1, 0.15) is 18.2 Å². The van der Waals surface area contributed by atoms with Crippen LogP contribution in [-0.4, -0.2) is 22.6 Å². The molecule has 1 aliphatic rings. The minimum Gasteiger partial charge on any atom is -0.467 e. The van der Waals surface area contributed by atoms with Crippen molar-refractivity contribution in [2.75, 3.05) is 10.6 Å². The standard InChI is InChI=1S/C27H21N3O4/c1-17(31)28-20-13-11-19(12-14-20)24-25(27(33)30(26(24)32)16-21-8-5-15-34-21)29-23-10-4-7-18-6-2-3-9-22(18)23/h2-15,29H,16H2,1H3,(H,28,31). The number of anilines is 2. The van der Waals surface area contributed by atoms with Crippen LogP contribution in [0.5, 0.6) is 0 Å². The van der Waals surface area contributed by atoms with Gasteiger partial charge >= 0.3 is 0 Å². The van der Waals surface area contributed by atoms with E-state index in [9.17, 15) is 14.4 Å². The molecule has 0 aliphatic carbocycles. The van der Waals surface area contributed by atoms with E-state index < -0.39 is 11.8 Å². The second-order valence-corrected chi connectivity index (χ2v) is 7.94. The van der Waals surface area contributed by atoms with Crippen molar-refractivity contribution < 1.29 is 18.8 Å². The Balaban J connectivity index is 1.58. The van der Waals surface area contributed by atoms with Gasteiger partial charge in [-0.3, -0.25) is 19.3 Å². The topological polar surface area (TPSA) is 91.7 Å². The van der Waals surface area contributed by atoms with Gasteiger partial charge in [0.15, 0.2) is 0 Å². The third-order valence-corrected chi connectivity index (χ3v) is 5.61. The Hall–Kier alpha value is -4.65. The van der Waals surface area contributed by atoms with Crippen molar-refractivity contribution in [2.24, 2.45) is 0 Å². The van der Waals surface area contributed by atoms with Crippen molar-refractivity contribution in [3.8, 4) is 0 Å². The van der Waals surface area contributed by atoms with Gasteiger partial charge < -0.3 is 15.1 Å². The number of carbonyl (C=O) groups is 3. The zero-order valence-electron chi connectivity index (χ0n) is 18.4. The van der Waals surface area contributed by atoms with Crippen molar-refractivity contribution >= 4 is 45.4 Å². The van der Waals surface area contributed by atoms with Gasteiger partial charge in [-0.05, 0) is 41.3 Å². The monoisotopic (exact) mass is 451 g/mol. The largest absolute Gasteiger partial charge is 0.467 e. The fourth-order valence-electron chi connectivity index (χ4n) is 4.05. The third-order valence-electron chi connectivity index (χ3n) is 5.61. The van der Waals surface area contributed by atoms with E-state index in [2.05, 4.69) is 10.6 Å². The first-order chi connectivity index (χ1) is 16.5. The van der Waals surface area contributed by atoms with Crippen LogP contribution in [-0.2, 0) is 20.9 Å². The molecule has 0 radical (unpaired) electrons. The number of amides is 3. The molecule has 7 nitrogen and oxygen atoms in total. The number of fused-ring (bicyclic) bond motifs is 1. The number of benzene rings is 3. The molecule has 0 bridgehead atoms. The van der Waals surface area contributed by atoms with Crippen molar-refractivity contribution in [1.82, 2.24) is 4.90 Å².